The molecule has 66 valence electrons. The van der Waals surface area contributed by atoms with E-state index in [4.69, 9.17) is 0 Å². The van der Waals surface area contributed by atoms with Gasteiger partial charge in [0.05, 0.1) is 0 Å². The van der Waals surface area contributed by atoms with Crippen LogP contribution in [0.1, 0.15) is 27.7 Å². The molecule has 0 saturated carbocycles. The van der Waals surface area contributed by atoms with Gasteiger partial charge in [-0.15, -0.1) is 0 Å². The Kier molecular flexibility index (Phi) is 5.11. The predicted molar refractivity (Wildman–Crippen MR) is 57.1 cm³/mol. The highest BCUT2D eigenvalue weighted by Gasteiger charge is 1.88. The van der Waals surface area contributed by atoms with E-state index in [-0.39, 0.29) is 0 Å². The lowest BCUT2D eigenvalue weighted by Crippen LogP contribution is -1.77. The van der Waals surface area contributed by atoms with Crippen molar-refractivity contribution in [1.82, 2.24) is 0 Å². The van der Waals surface area contributed by atoms with E-state index in [1.54, 1.807) is 0 Å². The number of hydrogen-bond donors (Lipinski definition) is 0. The normalized spacial score (nSPS) is 11.8. The molecule has 0 rings (SSSR count). The number of hydrogen-bond acceptors (Lipinski definition) is 0. The van der Waals surface area contributed by atoms with E-state index in [0.717, 1.165) is 5.57 Å². The Morgan fingerprint density at radius 3 is 2.08 bits per heavy atom. The third-order valence-electron chi connectivity index (χ3n) is 1.54. The third kappa shape index (κ3) is 4.73. The van der Waals surface area contributed by atoms with Crippen LogP contribution in [-0.4, -0.2) is 0 Å². The molecule has 0 nitrogen and oxygen atoms in total. The van der Waals surface area contributed by atoms with E-state index < -0.39 is 0 Å². The Balaban J connectivity index is 4.38. The minimum Gasteiger partial charge on any atom is -0.0915 e. The van der Waals surface area contributed by atoms with E-state index in [0.29, 0.717) is 0 Å². The molecule has 0 heteroatoms. The summed E-state index contributed by atoms with van der Waals surface area (Å²) in [5.74, 6) is 0. The maximum absolute atomic E-state index is 3.94. The SMILES string of the molecule is C=C(C=CC)C(C)=CC=C(C)C. The molecule has 0 aromatic carbocycles. The predicted octanol–water partition coefficient (Wildman–Crippen LogP) is 4.03. The maximum Gasteiger partial charge on any atom is -0.0303 e. The van der Waals surface area contributed by atoms with Crippen LogP contribution in [0.4, 0.5) is 0 Å². The molecular weight excluding hydrogens is 144 g/mol. The van der Waals surface area contributed by atoms with Crippen molar-refractivity contribution in [3.8, 4) is 0 Å². The first-order valence-corrected chi connectivity index (χ1v) is 4.21. The molecule has 0 fully saturated rings. The second-order valence-corrected chi connectivity index (χ2v) is 3.12. The second-order valence-electron chi connectivity index (χ2n) is 3.12. The molecule has 0 amide bonds. The molecule has 0 spiro atoms. The molecule has 0 bridgehead atoms. The molecule has 0 saturated heterocycles. The first kappa shape index (κ1) is 11.0. The number of rotatable bonds is 3. The van der Waals surface area contributed by atoms with Gasteiger partial charge in [-0.05, 0) is 38.8 Å². The van der Waals surface area contributed by atoms with Crippen LogP contribution in [0.3, 0.4) is 0 Å². The van der Waals surface area contributed by atoms with E-state index in [1.165, 1.54) is 11.1 Å². The average Bonchev–Trinajstić information content (AvgIpc) is 2.00. The van der Waals surface area contributed by atoms with Gasteiger partial charge in [0, 0.05) is 0 Å². The van der Waals surface area contributed by atoms with E-state index in [2.05, 4.69) is 39.5 Å². The Hall–Kier alpha value is -1.04. The molecule has 0 N–H and O–H groups in total. The molecule has 0 aromatic rings. The minimum absolute atomic E-state index is 1.08. The molecule has 0 aliphatic heterocycles. The lowest BCUT2D eigenvalue weighted by molar-refractivity contribution is 1.37. The zero-order valence-electron chi connectivity index (χ0n) is 8.52. The Morgan fingerprint density at radius 2 is 1.67 bits per heavy atom. The van der Waals surface area contributed by atoms with Crippen molar-refractivity contribution in [2.45, 2.75) is 27.7 Å². The first-order valence-electron chi connectivity index (χ1n) is 4.21. The second kappa shape index (κ2) is 5.59. The van der Waals surface area contributed by atoms with Gasteiger partial charge < -0.3 is 0 Å². The molecular formula is C12H18. The van der Waals surface area contributed by atoms with Crippen molar-refractivity contribution in [2.75, 3.05) is 0 Å². The molecule has 0 heterocycles. The standard InChI is InChI=1S/C12H18/c1-6-7-11(4)12(5)9-8-10(2)3/h6-9H,4H2,1-3,5H3. The fourth-order valence-electron chi connectivity index (χ4n) is 0.731. The fourth-order valence-corrected chi connectivity index (χ4v) is 0.731. The maximum atomic E-state index is 3.94. The topological polar surface area (TPSA) is 0 Å². The summed E-state index contributed by atoms with van der Waals surface area (Å²) in [4.78, 5) is 0. The molecule has 0 aromatic heterocycles. The van der Waals surface area contributed by atoms with E-state index in [9.17, 15) is 0 Å². The van der Waals surface area contributed by atoms with Crippen molar-refractivity contribution in [3.63, 3.8) is 0 Å². The molecule has 0 radical (unpaired) electrons. The van der Waals surface area contributed by atoms with Gasteiger partial charge in [0.1, 0.15) is 0 Å². The van der Waals surface area contributed by atoms with Gasteiger partial charge in [-0.2, -0.15) is 0 Å². The van der Waals surface area contributed by atoms with Gasteiger partial charge in [0.2, 0.25) is 0 Å². The number of allylic oxidation sites excluding steroid dienone is 7. The summed E-state index contributed by atoms with van der Waals surface area (Å²) in [5.41, 5.74) is 3.60. The summed E-state index contributed by atoms with van der Waals surface area (Å²) in [5, 5.41) is 0. The highest BCUT2D eigenvalue weighted by molar-refractivity contribution is 5.37. The van der Waals surface area contributed by atoms with Crippen LogP contribution < -0.4 is 0 Å². The first-order chi connectivity index (χ1) is 5.57. The quantitative estimate of drug-likeness (QED) is 0.549. The van der Waals surface area contributed by atoms with Gasteiger partial charge in [-0.1, -0.05) is 36.5 Å². The molecule has 0 aliphatic rings. The summed E-state index contributed by atoms with van der Waals surface area (Å²) >= 11 is 0. The van der Waals surface area contributed by atoms with Crippen molar-refractivity contribution in [2.24, 2.45) is 0 Å². The smallest absolute Gasteiger partial charge is 0.0303 e. The summed E-state index contributed by atoms with van der Waals surface area (Å²) in [6.07, 6.45) is 8.22. The Labute approximate surface area is 76.0 Å². The summed E-state index contributed by atoms with van der Waals surface area (Å²) < 4.78 is 0. The summed E-state index contributed by atoms with van der Waals surface area (Å²) in [6, 6.07) is 0. The summed E-state index contributed by atoms with van der Waals surface area (Å²) in [7, 11) is 0. The zero-order valence-corrected chi connectivity index (χ0v) is 8.52. The fraction of sp³-hybridized carbons (Fsp3) is 0.333. The van der Waals surface area contributed by atoms with Gasteiger partial charge in [0.25, 0.3) is 0 Å². The lowest BCUT2D eigenvalue weighted by atomic mass is 10.1. The monoisotopic (exact) mass is 162 g/mol. The van der Waals surface area contributed by atoms with Gasteiger partial charge >= 0.3 is 0 Å². The highest BCUT2D eigenvalue weighted by Crippen LogP contribution is 2.08. The molecule has 0 aliphatic carbocycles. The van der Waals surface area contributed by atoms with Gasteiger partial charge in [-0.3, -0.25) is 0 Å². The van der Waals surface area contributed by atoms with Crippen LogP contribution in [0.15, 0.2) is 47.6 Å². The lowest BCUT2D eigenvalue weighted by Gasteiger charge is -1.97. The third-order valence-corrected chi connectivity index (χ3v) is 1.54. The van der Waals surface area contributed by atoms with Crippen LogP contribution in [0.2, 0.25) is 0 Å². The van der Waals surface area contributed by atoms with E-state index >= 15 is 0 Å². The summed E-state index contributed by atoms with van der Waals surface area (Å²) in [6.45, 7) is 12.2. The highest BCUT2D eigenvalue weighted by atomic mass is 13.9. The van der Waals surface area contributed by atoms with Crippen molar-refractivity contribution in [1.29, 1.82) is 0 Å². The minimum atomic E-state index is 1.08. The van der Waals surface area contributed by atoms with Crippen LogP contribution in [0.25, 0.3) is 0 Å². The zero-order chi connectivity index (χ0) is 9.56. The van der Waals surface area contributed by atoms with Gasteiger partial charge in [-0.25, -0.2) is 0 Å². The van der Waals surface area contributed by atoms with Crippen LogP contribution in [0, 0.1) is 0 Å². The van der Waals surface area contributed by atoms with Crippen LogP contribution >= 0.6 is 0 Å². The Morgan fingerprint density at radius 1 is 1.08 bits per heavy atom. The largest absolute Gasteiger partial charge is 0.0915 e. The van der Waals surface area contributed by atoms with Crippen molar-refractivity contribution in [3.05, 3.63) is 47.6 Å². The Bertz CT molecular complexity index is 233. The molecule has 0 unspecified atom stereocenters. The average molecular weight is 162 g/mol. The molecule has 0 atom stereocenters. The van der Waals surface area contributed by atoms with E-state index in [1.807, 2.05) is 19.1 Å². The van der Waals surface area contributed by atoms with Gasteiger partial charge in [0.15, 0.2) is 0 Å². The molecule has 12 heavy (non-hydrogen) atoms. The van der Waals surface area contributed by atoms with Crippen LogP contribution in [0.5, 0.6) is 0 Å². The van der Waals surface area contributed by atoms with Crippen molar-refractivity contribution < 1.29 is 0 Å². The van der Waals surface area contributed by atoms with Crippen LogP contribution in [-0.2, 0) is 0 Å². The van der Waals surface area contributed by atoms with Crippen molar-refractivity contribution >= 4 is 0 Å².